The molecule has 0 aliphatic rings. The first-order valence-corrected chi connectivity index (χ1v) is 5.03. The first-order valence-electron chi connectivity index (χ1n) is 4.21. The van der Waals surface area contributed by atoms with Crippen molar-refractivity contribution in [3.05, 3.63) is 42.6 Å². The van der Waals surface area contributed by atoms with Gasteiger partial charge in [0.2, 0.25) is 0 Å². The highest BCUT2D eigenvalue weighted by Gasteiger charge is 1.98. The van der Waals surface area contributed by atoms with Gasteiger partial charge < -0.3 is 0 Å². The maximum absolute atomic E-state index is 4.17. The first-order chi connectivity index (χ1) is 6.84. The topological polar surface area (TPSA) is 38.7 Å². The third kappa shape index (κ3) is 2.29. The molecule has 0 aliphatic carbocycles. The summed E-state index contributed by atoms with van der Waals surface area (Å²) in [5.74, 6) is 0. The van der Waals surface area contributed by atoms with E-state index in [4.69, 9.17) is 0 Å². The van der Waals surface area contributed by atoms with E-state index in [0.717, 1.165) is 15.6 Å². The van der Waals surface area contributed by atoms with Crippen molar-refractivity contribution in [3.63, 3.8) is 0 Å². The van der Waals surface area contributed by atoms with Crippen molar-refractivity contribution < 1.29 is 0 Å². The minimum absolute atomic E-state index is 0.962. The molecule has 14 heavy (non-hydrogen) atoms. The number of hydrogen-bond donors (Lipinski definition) is 0. The molecule has 70 valence electrons. The van der Waals surface area contributed by atoms with Crippen LogP contribution in [0.4, 0.5) is 0 Å². The van der Waals surface area contributed by atoms with Crippen LogP contribution in [0.15, 0.2) is 46.8 Å². The lowest BCUT2D eigenvalue weighted by Crippen LogP contribution is -1.85. The van der Waals surface area contributed by atoms with Gasteiger partial charge in [-0.2, -0.15) is 0 Å². The Kier molecular flexibility index (Phi) is 2.74. The second kappa shape index (κ2) is 4.19. The molecule has 2 aromatic heterocycles. The lowest BCUT2D eigenvalue weighted by atomic mass is 10.5. The summed E-state index contributed by atoms with van der Waals surface area (Å²) in [4.78, 5) is 13.3. The van der Waals surface area contributed by atoms with Crippen LogP contribution < -0.4 is 0 Å². The molecule has 0 N–H and O–H groups in total. The fourth-order valence-corrected chi connectivity index (χ4v) is 1.84. The Morgan fingerprint density at radius 3 is 2.64 bits per heavy atom. The summed E-state index contributed by atoms with van der Waals surface area (Å²) >= 11 is 1.61. The van der Waals surface area contributed by atoms with Crippen LogP contribution in [0.3, 0.4) is 0 Å². The summed E-state index contributed by atoms with van der Waals surface area (Å²) in [7, 11) is 0. The lowest BCUT2D eigenvalue weighted by molar-refractivity contribution is 1.01. The number of rotatable bonds is 2. The third-order valence-corrected chi connectivity index (χ3v) is 2.59. The Balaban J connectivity index is 2.19. The summed E-state index contributed by atoms with van der Waals surface area (Å²) in [5, 5.41) is 0.962. The van der Waals surface area contributed by atoms with Crippen molar-refractivity contribution in [2.75, 3.05) is 0 Å². The Bertz CT molecular complexity index is 417. The van der Waals surface area contributed by atoms with Gasteiger partial charge in [-0.1, -0.05) is 11.8 Å². The van der Waals surface area contributed by atoms with E-state index >= 15 is 0 Å². The zero-order valence-electron chi connectivity index (χ0n) is 7.71. The number of aromatic nitrogens is 3. The second-order valence-electron chi connectivity index (χ2n) is 2.78. The van der Waals surface area contributed by atoms with Gasteiger partial charge in [-0.25, -0.2) is 9.97 Å². The van der Waals surface area contributed by atoms with E-state index in [1.165, 1.54) is 0 Å². The van der Waals surface area contributed by atoms with E-state index in [9.17, 15) is 0 Å². The predicted molar refractivity (Wildman–Crippen MR) is 55.1 cm³/mol. The standard InChI is InChI=1S/C10H9N3S/c1-8-6-10(13-7-12-8)14-9-2-4-11-5-3-9/h2-7H,1H3. The minimum atomic E-state index is 0.962. The Labute approximate surface area is 86.6 Å². The van der Waals surface area contributed by atoms with E-state index in [-0.39, 0.29) is 0 Å². The van der Waals surface area contributed by atoms with Crippen LogP contribution in [0.5, 0.6) is 0 Å². The van der Waals surface area contributed by atoms with Crippen LogP contribution in [0.1, 0.15) is 5.69 Å². The highest BCUT2D eigenvalue weighted by molar-refractivity contribution is 7.99. The number of pyridine rings is 1. The van der Waals surface area contributed by atoms with Crippen molar-refractivity contribution in [1.29, 1.82) is 0 Å². The van der Waals surface area contributed by atoms with Crippen LogP contribution in [-0.2, 0) is 0 Å². The molecule has 0 aliphatic heterocycles. The van der Waals surface area contributed by atoms with Crippen LogP contribution in [0.25, 0.3) is 0 Å². The van der Waals surface area contributed by atoms with E-state index in [1.807, 2.05) is 25.1 Å². The predicted octanol–water partition coefficient (Wildman–Crippen LogP) is 2.33. The zero-order valence-corrected chi connectivity index (χ0v) is 8.53. The van der Waals surface area contributed by atoms with Gasteiger partial charge in [0.25, 0.3) is 0 Å². The molecule has 0 saturated heterocycles. The Morgan fingerprint density at radius 2 is 1.93 bits per heavy atom. The molecular weight excluding hydrogens is 194 g/mol. The Morgan fingerprint density at radius 1 is 1.14 bits per heavy atom. The van der Waals surface area contributed by atoms with Gasteiger partial charge in [0.15, 0.2) is 0 Å². The normalized spacial score (nSPS) is 10.1. The fraction of sp³-hybridized carbons (Fsp3) is 0.100. The SMILES string of the molecule is Cc1cc(Sc2ccncc2)ncn1. The second-order valence-corrected chi connectivity index (χ2v) is 3.88. The van der Waals surface area contributed by atoms with Crippen molar-refractivity contribution in [3.8, 4) is 0 Å². The van der Waals surface area contributed by atoms with Crippen LogP contribution in [-0.4, -0.2) is 15.0 Å². The van der Waals surface area contributed by atoms with Gasteiger partial charge in [0.1, 0.15) is 11.4 Å². The monoisotopic (exact) mass is 203 g/mol. The molecule has 2 heterocycles. The molecule has 2 rings (SSSR count). The largest absolute Gasteiger partial charge is 0.265 e. The van der Waals surface area contributed by atoms with Gasteiger partial charge in [-0.3, -0.25) is 4.98 Å². The molecule has 0 saturated carbocycles. The van der Waals surface area contributed by atoms with Crippen molar-refractivity contribution >= 4 is 11.8 Å². The smallest absolute Gasteiger partial charge is 0.116 e. The zero-order chi connectivity index (χ0) is 9.80. The van der Waals surface area contributed by atoms with Gasteiger partial charge in [0.05, 0.1) is 0 Å². The molecule has 0 atom stereocenters. The molecule has 4 heteroatoms. The van der Waals surface area contributed by atoms with E-state index in [2.05, 4.69) is 15.0 Å². The third-order valence-electron chi connectivity index (χ3n) is 1.65. The van der Waals surface area contributed by atoms with Gasteiger partial charge in [-0.15, -0.1) is 0 Å². The van der Waals surface area contributed by atoms with Crippen LogP contribution >= 0.6 is 11.8 Å². The molecule has 0 radical (unpaired) electrons. The van der Waals surface area contributed by atoms with Crippen molar-refractivity contribution in [2.45, 2.75) is 16.8 Å². The van der Waals surface area contributed by atoms with Crippen LogP contribution in [0.2, 0.25) is 0 Å². The highest BCUT2D eigenvalue weighted by atomic mass is 32.2. The van der Waals surface area contributed by atoms with E-state index in [1.54, 1.807) is 30.5 Å². The summed E-state index contributed by atoms with van der Waals surface area (Å²) in [6, 6.07) is 5.88. The summed E-state index contributed by atoms with van der Waals surface area (Å²) in [5.41, 5.74) is 0.983. The molecular formula is C10H9N3S. The maximum Gasteiger partial charge on any atom is 0.116 e. The molecule has 0 bridgehead atoms. The molecule has 0 aromatic carbocycles. The van der Waals surface area contributed by atoms with E-state index in [0.29, 0.717) is 0 Å². The van der Waals surface area contributed by atoms with Gasteiger partial charge in [-0.05, 0) is 25.1 Å². The number of nitrogens with zero attached hydrogens (tertiary/aromatic N) is 3. The van der Waals surface area contributed by atoms with Gasteiger partial charge >= 0.3 is 0 Å². The molecule has 0 amide bonds. The maximum atomic E-state index is 4.17. The minimum Gasteiger partial charge on any atom is -0.265 e. The molecule has 0 fully saturated rings. The fourth-order valence-electron chi connectivity index (χ4n) is 1.01. The molecule has 3 nitrogen and oxygen atoms in total. The van der Waals surface area contributed by atoms with Gasteiger partial charge in [0, 0.05) is 23.0 Å². The molecule has 0 unspecified atom stereocenters. The molecule has 2 aromatic rings. The lowest BCUT2D eigenvalue weighted by Gasteiger charge is -1.99. The Hall–Kier alpha value is -1.42. The summed E-state index contributed by atoms with van der Waals surface area (Å²) < 4.78 is 0. The molecule has 0 spiro atoms. The van der Waals surface area contributed by atoms with Crippen molar-refractivity contribution in [2.24, 2.45) is 0 Å². The first kappa shape index (κ1) is 9.15. The average Bonchev–Trinajstić information content (AvgIpc) is 2.19. The quantitative estimate of drug-likeness (QED) is 0.702. The number of aryl methyl sites for hydroxylation is 1. The summed E-state index contributed by atoms with van der Waals surface area (Å²) in [6.45, 7) is 1.96. The van der Waals surface area contributed by atoms with Crippen molar-refractivity contribution in [1.82, 2.24) is 15.0 Å². The van der Waals surface area contributed by atoms with E-state index < -0.39 is 0 Å². The number of hydrogen-bond acceptors (Lipinski definition) is 4. The average molecular weight is 203 g/mol. The summed E-state index contributed by atoms with van der Waals surface area (Å²) in [6.07, 6.45) is 5.13. The highest BCUT2D eigenvalue weighted by Crippen LogP contribution is 2.24. The van der Waals surface area contributed by atoms with Crippen LogP contribution in [0, 0.1) is 6.92 Å².